The number of nitrogens with zero attached hydrogens (tertiary/aromatic N) is 3. The van der Waals surface area contributed by atoms with E-state index in [1.54, 1.807) is 11.8 Å². The summed E-state index contributed by atoms with van der Waals surface area (Å²) < 4.78 is 10.4. The molecule has 2 heterocycles. The lowest BCUT2D eigenvalue weighted by Gasteiger charge is -2.44. The summed E-state index contributed by atoms with van der Waals surface area (Å²) in [5.41, 5.74) is 0.528. The van der Waals surface area contributed by atoms with Crippen molar-refractivity contribution in [3.63, 3.8) is 0 Å². The summed E-state index contributed by atoms with van der Waals surface area (Å²) in [5.74, 6) is -0.182. The molecule has 194 valence electrons. The van der Waals surface area contributed by atoms with E-state index in [4.69, 9.17) is 9.47 Å². The van der Waals surface area contributed by atoms with E-state index in [1.165, 1.54) is 0 Å². The number of esters is 1. The third-order valence-electron chi connectivity index (χ3n) is 6.87. The molecule has 2 fully saturated rings. The van der Waals surface area contributed by atoms with Gasteiger partial charge in [-0.3, -0.25) is 9.69 Å². The lowest BCUT2D eigenvalue weighted by molar-refractivity contribution is -0.143. The molecule has 1 N–H and O–H groups in total. The number of unbranched alkanes of at least 4 members (excludes halogenated alkanes) is 1. The van der Waals surface area contributed by atoms with Crippen molar-refractivity contribution in [2.75, 3.05) is 59.0 Å². The Labute approximate surface area is 208 Å². The average Bonchev–Trinajstić information content (AvgIpc) is 2.89. The van der Waals surface area contributed by atoms with Gasteiger partial charge in [-0.05, 0) is 31.7 Å². The molecule has 0 spiro atoms. The Bertz CT molecular complexity index is 818. The smallest absolute Gasteiger partial charge is 0.409 e. The number of carbonyl (C=O) groups excluding carboxylic acids is 3. The molecule has 1 aromatic rings. The normalized spacial score (nSPS) is 18.1. The van der Waals surface area contributed by atoms with E-state index in [9.17, 15) is 14.4 Å². The molecule has 3 rings (SSSR count). The lowest BCUT2D eigenvalue weighted by Crippen LogP contribution is -2.59. The highest BCUT2D eigenvalue weighted by molar-refractivity contribution is 5.76. The van der Waals surface area contributed by atoms with E-state index in [-0.39, 0.29) is 18.1 Å². The van der Waals surface area contributed by atoms with Gasteiger partial charge in [0.25, 0.3) is 0 Å². The maximum Gasteiger partial charge on any atom is 0.409 e. The van der Waals surface area contributed by atoms with E-state index in [0.29, 0.717) is 65.2 Å². The summed E-state index contributed by atoms with van der Waals surface area (Å²) >= 11 is 0. The fraction of sp³-hybridized carbons (Fsp3) is 0.654. The van der Waals surface area contributed by atoms with Gasteiger partial charge in [-0.25, -0.2) is 9.59 Å². The second kappa shape index (κ2) is 13.3. The van der Waals surface area contributed by atoms with Crippen molar-refractivity contribution in [1.82, 2.24) is 20.0 Å². The van der Waals surface area contributed by atoms with Crippen LogP contribution < -0.4 is 5.32 Å². The van der Waals surface area contributed by atoms with Gasteiger partial charge in [0.15, 0.2) is 0 Å². The van der Waals surface area contributed by atoms with E-state index >= 15 is 0 Å². The number of ether oxygens (including phenoxy) is 2. The van der Waals surface area contributed by atoms with E-state index in [2.05, 4.69) is 17.1 Å². The van der Waals surface area contributed by atoms with Gasteiger partial charge in [0.2, 0.25) is 0 Å². The maximum absolute atomic E-state index is 13.3. The molecule has 35 heavy (non-hydrogen) atoms. The molecular formula is C26H40N4O5. The minimum atomic E-state index is -0.528. The van der Waals surface area contributed by atoms with Gasteiger partial charge in [-0.15, -0.1) is 0 Å². The molecule has 9 nitrogen and oxygen atoms in total. The predicted octanol–water partition coefficient (Wildman–Crippen LogP) is 3.19. The van der Waals surface area contributed by atoms with Crippen molar-refractivity contribution in [1.29, 1.82) is 0 Å². The van der Waals surface area contributed by atoms with Crippen LogP contribution in [0, 0.1) is 0 Å². The lowest BCUT2D eigenvalue weighted by atomic mass is 9.81. The quantitative estimate of drug-likeness (QED) is 0.424. The van der Waals surface area contributed by atoms with Crippen LogP contribution in [-0.2, 0) is 19.8 Å². The Morgan fingerprint density at radius 2 is 1.60 bits per heavy atom. The molecule has 1 aromatic carbocycles. The van der Waals surface area contributed by atoms with Gasteiger partial charge in [-0.1, -0.05) is 43.7 Å². The van der Waals surface area contributed by atoms with Crippen molar-refractivity contribution in [2.45, 2.75) is 51.5 Å². The largest absolute Gasteiger partial charge is 0.466 e. The van der Waals surface area contributed by atoms with E-state index < -0.39 is 5.54 Å². The Morgan fingerprint density at radius 1 is 0.914 bits per heavy atom. The molecule has 0 bridgehead atoms. The van der Waals surface area contributed by atoms with Crippen LogP contribution in [0.5, 0.6) is 0 Å². The highest BCUT2D eigenvalue weighted by Crippen LogP contribution is 2.33. The average molecular weight is 489 g/mol. The number of hydrogen-bond donors (Lipinski definition) is 1. The topological polar surface area (TPSA) is 91.4 Å². The van der Waals surface area contributed by atoms with Crippen LogP contribution in [0.15, 0.2) is 30.3 Å². The zero-order chi connectivity index (χ0) is 25.1. The van der Waals surface area contributed by atoms with Crippen molar-refractivity contribution in [2.24, 2.45) is 0 Å². The van der Waals surface area contributed by atoms with E-state index in [0.717, 1.165) is 31.5 Å². The molecular weight excluding hydrogens is 448 g/mol. The molecule has 9 heteroatoms. The van der Waals surface area contributed by atoms with Gasteiger partial charge in [0.1, 0.15) is 0 Å². The second-order valence-electron chi connectivity index (χ2n) is 9.22. The minimum Gasteiger partial charge on any atom is -0.466 e. The van der Waals surface area contributed by atoms with Crippen LogP contribution in [0.4, 0.5) is 9.59 Å². The zero-order valence-corrected chi connectivity index (χ0v) is 21.2. The summed E-state index contributed by atoms with van der Waals surface area (Å²) in [6.07, 6.45) is 3.20. The highest BCUT2D eigenvalue weighted by Gasteiger charge is 2.40. The molecule has 0 aromatic heterocycles. The maximum atomic E-state index is 13.3. The third-order valence-corrected chi connectivity index (χ3v) is 6.87. The zero-order valence-electron chi connectivity index (χ0n) is 21.2. The molecule has 3 amide bonds. The summed E-state index contributed by atoms with van der Waals surface area (Å²) in [6, 6.07) is 9.94. The van der Waals surface area contributed by atoms with Crippen molar-refractivity contribution >= 4 is 18.1 Å². The Balaban J connectivity index is 1.56. The molecule has 2 aliphatic rings. The first kappa shape index (κ1) is 26.8. The molecule has 2 saturated heterocycles. The van der Waals surface area contributed by atoms with Gasteiger partial charge >= 0.3 is 18.1 Å². The number of rotatable bonds is 9. The van der Waals surface area contributed by atoms with Crippen molar-refractivity contribution in [3.05, 3.63) is 35.9 Å². The Hall–Kier alpha value is -2.81. The number of hydrogen-bond acceptors (Lipinski definition) is 6. The van der Waals surface area contributed by atoms with Crippen LogP contribution in [0.3, 0.4) is 0 Å². The molecule has 0 atom stereocenters. The monoisotopic (exact) mass is 488 g/mol. The molecule has 0 unspecified atom stereocenters. The van der Waals surface area contributed by atoms with Crippen LogP contribution >= 0.6 is 0 Å². The molecule has 0 radical (unpaired) electrons. The number of benzene rings is 1. The summed E-state index contributed by atoms with van der Waals surface area (Å²) in [5, 5.41) is 3.33. The Morgan fingerprint density at radius 3 is 2.23 bits per heavy atom. The van der Waals surface area contributed by atoms with Crippen LogP contribution in [0.2, 0.25) is 0 Å². The van der Waals surface area contributed by atoms with Crippen molar-refractivity contribution in [3.8, 4) is 0 Å². The predicted molar refractivity (Wildman–Crippen MR) is 133 cm³/mol. The summed E-state index contributed by atoms with van der Waals surface area (Å²) in [6.45, 7) is 9.08. The first-order valence-corrected chi connectivity index (χ1v) is 12.9. The van der Waals surface area contributed by atoms with Crippen LogP contribution in [0.25, 0.3) is 0 Å². The van der Waals surface area contributed by atoms with Crippen molar-refractivity contribution < 1.29 is 23.9 Å². The molecule has 0 saturated carbocycles. The third kappa shape index (κ3) is 7.59. The van der Waals surface area contributed by atoms with E-state index in [1.807, 2.05) is 35.2 Å². The van der Waals surface area contributed by atoms with Gasteiger partial charge in [0, 0.05) is 45.8 Å². The fourth-order valence-corrected chi connectivity index (χ4v) is 4.65. The standard InChI is InChI=1S/C26H40N4O5/c1-3-5-21-35-25(33)30-15-12-26(13-16-30,22-9-7-6-8-10-22)27-24(32)29-19-17-28(18-20-29)14-11-23(31)34-4-2/h6-10H,3-5,11-21H2,1-2H3,(H,27,32). The first-order chi connectivity index (χ1) is 17.0. The molecule has 0 aliphatic carbocycles. The molecule has 2 aliphatic heterocycles. The highest BCUT2D eigenvalue weighted by atomic mass is 16.6. The number of amides is 3. The van der Waals surface area contributed by atoms with Crippen LogP contribution in [-0.4, -0.2) is 91.8 Å². The number of carbonyl (C=O) groups is 3. The number of likely N-dealkylation sites (tertiary alicyclic amines) is 1. The Kier molecular flexibility index (Phi) is 10.2. The SMILES string of the molecule is CCCCOC(=O)N1CCC(NC(=O)N2CCN(CCC(=O)OCC)CC2)(c2ccccc2)CC1. The summed E-state index contributed by atoms with van der Waals surface area (Å²) in [7, 11) is 0. The van der Waals surface area contributed by atoms with Gasteiger partial charge < -0.3 is 24.6 Å². The van der Waals surface area contributed by atoms with Crippen LogP contribution in [0.1, 0.15) is 51.5 Å². The van der Waals surface area contributed by atoms with Gasteiger partial charge in [0.05, 0.1) is 25.2 Å². The minimum absolute atomic E-state index is 0.0853. The number of piperidine rings is 1. The second-order valence-corrected chi connectivity index (χ2v) is 9.22. The summed E-state index contributed by atoms with van der Waals surface area (Å²) in [4.78, 5) is 43.1. The van der Waals surface area contributed by atoms with Gasteiger partial charge in [-0.2, -0.15) is 0 Å². The fourth-order valence-electron chi connectivity index (χ4n) is 4.65. The number of piperazine rings is 1. The number of nitrogens with one attached hydrogen (secondary N) is 1. The first-order valence-electron chi connectivity index (χ1n) is 12.9. The number of urea groups is 1.